The van der Waals surface area contributed by atoms with Gasteiger partial charge in [-0.15, -0.1) is 5.10 Å². The molecule has 120 valence electrons. The Morgan fingerprint density at radius 1 is 1.17 bits per heavy atom. The smallest absolute Gasteiger partial charge is 0.232 e. The Labute approximate surface area is 128 Å². The molecule has 0 amide bonds. The maximum atomic E-state index is 14.5. The lowest BCUT2D eigenvalue weighted by Gasteiger charge is -2.25. The standard InChI is InChI=1S/C15H12F4N4/c1-7-20-14-11-10(6-5-9(12(11)16)15(17,18)19)21-13(23(14)22-7)8-3-2-4-8/h5-6,8H,2-4H2,1H3. The van der Waals surface area contributed by atoms with Crippen molar-refractivity contribution in [2.45, 2.75) is 38.3 Å². The third-order valence-corrected chi connectivity index (χ3v) is 4.28. The molecule has 0 radical (unpaired) electrons. The Morgan fingerprint density at radius 2 is 1.91 bits per heavy atom. The first kappa shape index (κ1) is 14.3. The van der Waals surface area contributed by atoms with E-state index >= 15 is 0 Å². The number of hydrogen-bond donors (Lipinski definition) is 0. The van der Waals surface area contributed by atoms with E-state index in [2.05, 4.69) is 15.1 Å². The quantitative estimate of drug-likeness (QED) is 0.635. The van der Waals surface area contributed by atoms with Crippen LogP contribution < -0.4 is 0 Å². The summed E-state index contributed by atoms with van der Waals surface area (Å²) < 4.78 is 54.7. The summed E-state index contributed by atoms with van der Waals surface area (Å²) in [7, 11) is 0. The van der Waals surface area contributed by atoms with Crippen molar-refractivity contribution in [2.75, 3.05) is 0 Å². The zero-order chi connectivity index (χ0) is 16.4. The Bertz CT molecular complexity index is 925. The van der Waals surface area contributed by atoms with Crippen molar-refractivity contribution in [3.05, 3.63) is 35.2 Å². The van der Waals surface area contributed by atoms with E-state index < -0.39 is 17.6 Å². The maximum Gasteiger partial charge on any atom is 0.419 e. The minimum Gasteiger partial charge on any atom is -0.232 e. The van der Waals surface area contributed by atoms with Crippen LogP contribution in [-0.4, -0.2) is 19.6 Å². The number of alkyl halides is 3. The lowest BCUT2D eigenvalue weighted by molar-refractivity contribution is -0.139. The molecule has 3 aromatic rings. The van der Waals surface area contributed by atoms with Gasteiger partial charge in [-0.1, -0.05) is 6.42 Å². The van der Waals surface area contributed by atoms with Crippen LogP contribution in [0.2, 0.25) is 0 Å². The minimum absolute atomic E-state index is 0.0954. The molecule has 0 N–H and O–H groups in total. The van der Waals surface area contributed by atoms with Gasteiger partial charge in [-0.2, -0.15) is 17.7 Å². The summed E-state index contributed by atoms with van der Waals surface area (Å²) in [5.41, 5.74) is -1.04. The molecule has 0 bridgehead atoms. The van der Waals surface area contributed by atoms with Crippen LogP contribution in [0.3, 0.4) is 0 Å². The van der Waals surface area contributed by atoms with Gasteiger partial charge in [0.05, 0.1) is 16.5 Å². The lowest BCUT2D eigenvalue weighted by Crippen LogP contribution is -2.17. The van der Waals surface area contributed by atoms with Crippen LogP contribution in [0.5, 0.6) is 0 Å². The second-order valence-electron chi connectivity index (χ2n) is 5.81. The maximum absolute atomic E-state index is 14.5. The topological polar surface area (TPSA) is 43.1 Å². The van der Waals surface area contributed by atoms with Gasteiger partial charge in [0.25, 0.3) is 0 Å². The Morgan fingerprint density at radius 3 is 2.52 bits per heavy atom. The molecule has 0 atom stereocenters. The SMILES string of the molecule is Cc1nc2c3c(F)c(C(F)(F)F)ccc3nc(C3CCC3)n2n1. The lowest BCUT2D eigenvalue weighted by atomic mass is 9.84. The molecule has 1 saturated carbocycles. The third kappa shape index (κ3) is 2.08. The number of fused-ring (bicyclic) bond motifs is 3. The third-order valence-electron chi connectivity index (χ3n) is 4.28. The number of benzene rings is 1. The van der Waals surface area contributed by atoms with Crippen molar-refractivity contribution < 1.29 is 17.6 Å². The normalized spacial score (nSPS) is 16.2. The van der Waals surface area contributed by atoms with Crippen LogP contribution in [0.4, 0.5) is 17.6 Å². The second kappa shape index (κ2) is 4.62. The first-order chi connectivity index (χ1) is 10.9. The highest BCUT2D eigenvalue weighted by Crippen LogP contribution is 2.39. The largest absolute Gasteiger partial charge is 0.419 e. The molecule has 2 heterocycles. The van der Waals surface area contributed by atoms with Gasteiger partial charge in [0.2, 0.25) is 0 Å². The summed E-state index contributed by atoms with van der Waals surface area (Å²) in [5, 5.41) is 3.96. The number of rotatable bonds is 1. The van der Waals surface area contributed by atoms with E-state index in [0.29, 0.717) is 11.6 Å². The van der Waals surface area contributed by atoms with Crippen LogP contribution in [0.1, 0.15) is 42.4 Å². The van der Waals surface area contributed by atoms with E-state index in [9.17, 15) is 17.6 Å². The van der Waals surface area contributed by atoms with Crippen LogP contribution >= 0.6 is 0 Å². The fraction of sp³-hybridized carbons (Fsp3) is 0.400. The zero-order valence-electron chi connectivity index (χ0n) is 12.2. The molecule has 1 fully saturated rings. The monoisotopic (exact) mass is 324 g/mol. The highest BCUT2D eigenvalue weighted by Gasteiger charge is 2.36. The van der Waals surface area contributed by atoms with E-state index in [4.69, 9.17) is 0 Å². The molecule has 0 saturated heterocycles. The van der Waals surface area contributed by atoms with Crippen molar-refractivity contribution in [2.24, 2.45) is 0 Å². The molecule has 1 aromatic carbocycles. The molecule has 0 aliphatic heterocycles. The highest BCUT2D eigenvalue weighted by molar-refractivity contribution is 5.92. The molecule has 8 heteroatoms. The summed E-state index contributed by atoms with van der Waals surface area (Å²) >= 11 is 0. The number of hydrogen-bond acceptors (Lipinski definition) is 3. The fourth-order valence-corrected chi connectivity index (χ4v) is 2.93. The molecule has 1 aliphatic rings. The van der Waals surface area contributed by atoms with Crippen molar-refractivity contribution >= 4 is 16.6 Å². The Balaban J connectivity index is 2.10. The van der Waals surface area contributed by atoms with Crippen molar-refractivity contribution in [1.29, 1.82) is 0 Å². The summed E-state index contributed by atoms with van der Waals surface area (Å²) in [6, 6.07) is 1.93. The van der Waals surface area contributed by atoms with E-state index in [1.165, 1.54) is 10.6 Å². The van der Waals surface area contributed by atoms with Gasteiger partial charge >= 0.3 is 6.18 Å². The van der Waals surface area contributed by atoms with Gasteiger partial charge < -0.3 is 0 Å². The van der Waals surface area contributed by atoms with E-state index in [-0.39, 0.29) is 22.5 Å². The van der Waals surface area contributed by atoms with E-state index in [1.807, 2.05) is 0 Å². The van der Waals surface area contributed by atoms with Crippen LogP contribution in [0, 0.1) is 12.7 Å². The summed E-state index contributed by atoms with van der Waals surface area (Å²) in [5.74, 6) is -0.149. The molecule has 0 spiro atoms. The predicted octanol–water partition coefficient (Wildman–Crippen LogP) is 4.01. The average Bonchev–Trinajstić information content (AvgIpc) is 2.76. The molecule has 1 aliphatic carbocycles. The van der Waals surface area contributed by atoms with Crippen LogP contribution in [-0.2, 0) is 6.18 Å². The highest BCUT2D eigenvalue weighted by atomic mass is 19.4. The van der Waals surface area contributed by atoms with Gasteiger partial charge in [-0.3, -0.25) is 0 Å². The molecular formula is C15H12F4N4. The van der Waals surface area contributed by atoms with Crippen molar-refractivity contribution in [3.8, 4) is 0 Å². The van der Waals surface area contributed by atoms with Crippen molar-refractivity contribution in [3.63, 3.8) is 0 Å². The fourth-order valence-electron chi connectivity index (χ4n) is 2.93. The number of aromatic nitrogens is 4. The number of aryl methyl sites for hydroxylation is 1. The first-order valence-corrected chi connectivity index (χ1v) is 7.29. The Kier molecular flexibility index (Phi) is 2.88. The molecule has 4 rings (SSSR count). The first-order valence-electron chi connectivity index (χ1n) is 7.29. The summed E-state index contributed by atoms with van der Waals surface area (Å²) in [4.78, 5) is 8.51. The molecule has 23 heavy (non-hydrogen) atoms. The van der Waals surface area contributed by atoms with E-state index in [0.717, 1.165) is 25.3 Å². The van der Waals surface area contributed by atoms with Gasteiger partial charge in [0.1, 0.15) is 17.5 Å². The van der Waals surface area contributed by atoms with Crippen LogP contribution in [0.15, 0.2) is 12.1 Å². The molecule has 2 aromatic heterocycles. The predicted molar refractivity (Wildman–Crippen MR) is 74.6 cm³/mol. The average molecular weight is 324 g/mol. The van der Waals surface area contributed by atoms with Gasteiger partial charge in [0.15, 0.2) is 5.65 Å². The van der Waals surface area contributed by atoms with Gasteiger partial charge in [-0.25, -0.2) is 14.4 Å². The molecular weight excluding hydrogens is 312 g/mol. The van der Waals surface area contributed by atoms with E-state index in [1.54, 1.807) is 6.92 Å². The Hall–Kier alpha value is -2.25. The summed E-state index contributed by atoms with van der Waals surface area (Å²) in [6.45, 7) is 1.62. The molecule has 4 nitrogen and oxygen atoms in total. The minimum atomic E-state index is -4.77. The molecule has 0 unspecified atom stereocenters. The van der Waals surface area contributed by atoms with Crippen LogP contribution in [0.25, 0.3) is 16.6 Å². The second-order valence-corrected chi connectivity index (χ2v) is 5.81. The van der Waals surface area contributed by atoms with Gasteiger partial charge in [0, 0.05) is 5.92 Å². The zero-order valence-corrected chi connectivity index (χ0v) is 12.2. The number of halogens is 4. The summed E-state index contributed by atoms with van der Waals surface area (Å²) in [6.07, 6.45) is -1.82. The van der Waals surface area contributed by atoms with Gasteiger partial charge in [-0.05, 0) is 31.9 Å². The van der Waals surface area contributed by atoms with Crippen molar-refractivity contribution in [1.82, 2.24) is 19.6 Å². The number of nitrogens with zero attached hydrogens (tertiary/aromatic N) is 4.